The lowest BCUT2D eigenvalue weighted by Crippen LogP contribution is -2.13. The SMILES string of the molecule is CC(F)(F)Cc1nc(CCl)no1. The van der Waals surface area contributed by atoms with Gasteiger partial charge in [-0.25, -0.2) is 8.78 Å². The Bertz CT molecular complexity index is 258. The van der Waals surface area contributed by atoms with Crippen LogP contribution in [-0.4, -0.2) is 16.1 Å². The molecule has 12 heavy (non-hydrogen) atoms. The highest BCUT2D eigenvalue weighted by molar-refractivity contribution is 6.16. The van der Waals surface area contributed by atoms with E-state index in [1.165, 1.54) is 0 Å². The van der Waals surface area contributed by atoms with Crippen LogP contribution in [0.3, 0.4) is 0 Å². The van der Waals surface area contributed by atoms with E-state index in [-0.39, 0.29) is 17.6 Å². The third kappa shape index (κ3) is 2.73. The summed E-state index contributed by atoms with van der Waals surface area (Å²) in [5.74, 6) is -2.61. The zero-order chi connectivity index (χ0) is 9.19. The molecule has 0 aromatic carbocycles. The summed E-state index contributed by atoms with van der Waals surface area (Å²) in [5, 5.41) is 3.37. The van der Waals surface area contributed by atoms with Crippen LogP contribution < -0.4 is 0 Å². The highest BCUT2D eigenvalue weighted by Gasteiger charge is 2.25. The van der Waals surface area contributed by atoms with Crippen LogP contribution in [0, 0.1) is 0 Å². The molecule has 0 radical (unpaired) electrons. The molecule has 0 aliphatic rings. The lowest BCUT2D eigenvalue weighted by molar-refractivity contribution is 0.0149. The number of halogens is 3. The van der Waals surface area contributed by atoms with E-state index >= 15 is 0 Å². The molecule has 0 unspecified atom stereocenters. The molecule has 0 aliphatic carbocycles. The van der Waals surface area contributed by atoms with Crippen LogP contribution in [0.15, 0.2) is 4.52 Å². The van der Waals surface area contributed by atoms with Gasteiger partial charge in [-0.3, -0.25) is 0 Å². The molecule has 0 fully saturated rings. The molecule has 0 N–H and O–H groups in total. The van der Waals surface area contributed by atoms with Crippen molar-refractivity contribution >= 4 is 11.6 Å². The van der Waals surface area contributed by atoms with Gasteiger partial charge in [0.05, 0.1) is 12.3 Å². The average Bonchev–Trinajstić information content (AvgIpc) is 2.32. The van der Waals surface area contributed by atoms with Gasteiger partial charge in [-0.2, -0.15) is 4.98 Å². The Hall–Kier alpha value is -0.710. The summed E-state index contributed by atoms with van der Waals surface area (Å²) in [7, 11) is 0. The van der Waals surface area contributed by atoms with Crippen molar-refractivity contribution < 1.29 is 13.3 Å². The monoisotopic (exact) mass is 196 g/mol. The summed E-state index contributed by atoms with van der Waals surface area (Å²) >= 11 is 5.34. The summed E-state index contributed by atoms with van der Waals surface area (Å²) in [6, 6.07) is 0. The molecule has 0 atom stereocenters. The normalized spacial score (nSPS) is 12.0. The van der Waals surface area contributed by atoms with Crippen LogP contribution in [0.25, 0.3) is 0 Å². The molecule has 0 saturated carbocycles. The molecule has 1 aromatic heterocycles. The second kappa shape index (κ2) is 3.35. The Balaban J connectivity index is 2.64. The Kier molecular flexibility index (Phi) is 2.62. The summed E-state index contributed by atoms with van der Waals surface area (Å²) in [6.45, 7) is 0.789. The molecular weight excluding hydrogens is 190 g/mol. The maximum atomic E-state index is 12.4. The molecule has 3 nitrogen and oxygen atoms in total. The maximum Gasteiger partial charge on any atom is 0.254 e. The fourth-order valence-electron chi connectivity index (χ4n) is 0.682. The molecule has 0 saturated heterocycles. The van der Waals surface area contributed by atoms with Crippen molar-refractivity contribution in [1.29, 1.82) is 0 Å². The topological polar surface area (TPSA) is 38.9 Å². The van der Waals surface area contributed by atoms with Crippen LogP contribution in [0.5, 0.6) is 0 Å². The smallest absolute Gasteiger partial charge is 0.254 e. The molecule has 0 amide bonds. The van der Waals surface area contributed by atoms with Gasteiger partial charge in [0.15, 0.2) is 5.82 Å². The van der Waals surface area contributed by atoms with Gasteiger partial charge in [0.25, 0.3) is 5.92 Å². The van der Waals surface area contributed by atoms with Crippen LogP contribution >= 0.6 is 11.6 Å². The van der Waals surface area contributed by atoms with Crippen molar-refractivity contribution in [3.8, 4) is 0 Å². The minimum absolute atomic E-state index is 0.0682. The molecule has 68 valence electrons. The molecule has 1 heterocycles. The van der Waals surface area contributed by atoms with Crippen LogP contribution in [0.1, 0.15) is 18.6 Å². The quantitative estimate of drug-likeness (QED) is 0.695. The molecule has 1 aromatic rings. The van der Waals surface area contributed by atoms with Crippen LogP contribution in [0.4, 0.5) is 8.78 Å². The number of hydrogen-bond donors (Lipinski definition) is 0. The van der Waals surface area contributed by atoms with E-state index in [4.69, 9.17) is 11.6 Å². The van der Waals surface area contributed by atoms with Crippen LogP contribution in [-0.2, 0) is 12.3 Å². The second-order valence-electron chi connectivity index (χ2n) is 2.48. The first-order chi connectivity index (χ1) is 5.51. The molecule has 0 bridgehead atoms. The highest BCUT2D eigenvalue weighted by atomic mass is 35.5. The number of aromatic nitrogens is 2. The number of alkyl halides is 3. The third-order valence-electron chi connectivity index (χ3n) is 1.09. The molecule has 6 heteroatoms. The van der Waals surface area contributed by atoms with E-state index in [1.807, 2.05) is 0 Å². The Labute approximate surface area is 72.7 Å². The van der Waals surface area contributed by atoms with Crippen molar-refractivity contribution in [2.24, 2.45) is 0 Å². The Morgan fingerprint density at radius 3 is 2.67 bits per heavy atom. The van der Waals surface area contributed by atoms with Crippen molar-refractivity contribution in [2.45, 2.75) is 25.1 Å². The fourth-order valence-corrected chi connectivity index (χ4v) is 0.790. The van der Waals surface area contributed by atoms with E-state index in [2.05, 4.69) is 14.7 Å². The number of nitrogens with zero attached hydrogens (tertiary/aromatic N) is 2. The highest BCUT2D eigenvalue weighted by Crippen LogP contribution is 2.17. The minimum atomic E-state index is -2.82. The van der Waals surface area contributed by atoms with Gasteiger partial charge >= 0.3 is 0 Å². The van der Waals surface area contributed by atoms with E-state index in [0.717, 1.165) is 6.92 Å². The van der Waals surface area contributed by atoms with Crippen molar-refractivity contribution in [3.63, 3.8) is 0 Å². The zero-order valence-corrected chi connectivity index (χ0v) is 7.11. The van der Waals surface area contributed by atoms with E-state index < -0.39 is 12.3 Å². The predicted molar refractivity (Wildman–Crippen MR) is 38.2 cm³/mol. The first-order valence-electron chi connectivity index (χ1n) is 3.26. The summed E-state index contributed by atoms with van der Waals surface area (Å²) in [4.78, 5) is 3.62. The van der Waals surface area contributed by atoms with Gasteiger partial charge < -0.3 is 4.52 Å². The summed E-state index contributed by atoms with van der Waals surface area (Å²) in [6.07, 6.45) is -0.545. The van der Waals surface area contributed by atoms with Gasteiger partial charge in [-0.15, -0.1) is 11.6 Å². The standard InChI is InChI=1S/C6H7ClF2N2O/c1-6(8,9)2-5-10-4(3-7)11-12-5/h2-3H2,1H3. The maximum absolute atomic E-state index is 12.4. The second-order valence-corrected chi connectivity index (χ2v) is 2.75. The lowest BCUT2D eigenvalue weighted by Gasteiger charge is -2.04. The lowest BCUT2D eigenvalue weighted by atomic mass is 10.3. The fraction of sp³-hybridized carbons (Fsp3) is 0.667. The van der Waals surface area contributed by atoms with E-state index in [1.54, 1.807) is 0 Å². The number of hydrogen-bond acceptors (Lipinski definition) is 3. The summed E-state index contributed by atoms with van der Waals surface area (Å²) < 4.78 is 29.2. The van der Waals surface area contributed by atoms with Gasteiger partial charge in [0.1, 0.15) is 0 Å². The van der Waals surface area contributed by atoms with E-state index in [0.29, 0.717) is 0 Å². The molecule has 0 aliphatic heterocycles. The molecule has 0 spiro atoms. The first-order valence-corrected chi connectivity index (χ1v) is 3.80. The van der Waals surface area contributed by atoms with Gasteiger partial charge in [-0.1, -0.05) is 5.16 Å². The van der Waals surface area contributed by atoms with Gasteiger partial charge in [0, 0.05) is 0 Å². The van der Waals surface area contributed by atoms with Gasteiger partial charge in [0.2, 0.25) is 5.89 Å². The zero-order valence-electron chi connectivity index (χ0n) is 6.35. The van der Waals surface area contributed by atoms with E-state index in [9.17, 15) is 8.78 Å². The Morgan fingerprint density at radius 1 is 1.58 bits per heavy atom. The largest absolute Gasteiger partial charge is 0.339 e. The molecule has 1 rings (SSSR count). The first kappa shape index (κ1) is 9.38. The Morgan fingerprint density at radius 2 is 2.25 bits per heavy atom. The van der Waals surface area contributed by atoms with Crippen molar-refractivity contribution in [1.82, 2.24) is 10.1 Å². The summed E-state index contributed by atoms with van der Waals surface area (Å²) in [5.41, 5.74) is 0. The average molecular weight is 197 g/mol. The predicted octanol–water partition coefficient (Wildman–Crippen LogP) is 2.01. The van der Waals surface area contributed by atoms with Crippen molar-refractivity contribution in [3.05, 3.63) is 11.7 Å². The third-order valence-corrected chi connectivity index (χ3v) is 1.33. The van der Waals surface area contributed by atoms with Gasteiger partial charge in [-0.05, 0) is 6.92 Å². The van der Waals surface area contributed by atoms with Crippen molar-refractivity contribution in [2.75, 3.05) is 0 Å². The van der Waals surface area contributed by atoms with Crippen LogP contribution in [0.2, 0.25) is 0 Å². The molecular formula is C6H7ClF2N2O. The number of rotatable bonds is 3. The minimum Gasteiger partial charge on any atom is -0.339 e.